The summed E-state index contributed by atoms with van der Waals surface area (Å²) in [6.45, 7) is 4.63. The average molecular weight is 212 g/mol. The number of methoxy groups -OCH3 is 1. The molecule has 0 aromatic carbocycles. The highest BCUT2D eigenvalue weighted by Crippen LogP contribution is 2.06. The van der Waals surface area contributed by atoms with Crippen LogP contribution in [0.2, 0.25) is 0 Å². The molecule has 0 amide bonds. The molecular formula is C11H20N2O2. The van der Waals surface area contributed by atoms with Gasteiger partial charge in [0.1, 0.15) is 5.76 Å². The van der Waals surface area contributed by atoms with Gasteiger partial charge in [-0.2, -0.15) is 0 Å². The molecule has 1 aromatic heterocycles. The maximum Gasteiger partial charge on any atom is 0.208 e. The summed E-state index contributed by atoms with van der Waals surface area (Å²) in [6, 6.07) is 0. The van der Waals surface area contributed by atoms with Gasteiger partial charge in [0.05, 0.1) is 12.7 Å². The number of ether oxygens (including phenoxy) is 1. The van der Waals surface area contributed by atoms with Crippen LogP contribution in [0.3, 0.4) is 0 Å². The van der Waals surface area contributed by atoms with Crippen molar-refractivity contribution < 1.29 is 9.15 Å². The maximum atomic E-state index is 5.55. The minimum Gasteiger partial charge on any atom is -0.444 e. The van der Waals surface area contributed by atoms with Crippen LogP contribution in [0.15, 0.2) is 10.6 Å². The van der Waals surface area contributed by atoms with Crippen molar-refractivity contribution in [1.82, 2.24) is 10.3 Å². The van der Waals surface area contributed by atoms with Crippen molar-refractivity contribution in [2.75, 3.05) is 20.3 Å². The van der Waals surface area contributed by atoms with E-state index in [1.165, 1.54) is 0 Å². The van der Waals surface area contributed by atoms with Gasteiger partial charge in [-0.25, -0.2) is 4.98 Å². The smallest absolute Gasteiger partial charge is 0.208 e. The number of rotatable bonds is 8. The molecule has 86 valence electrons. The number of aromatic nitrogens is 1. The van der Waals surface area contributed by atoms with Gasteiger partial charge in [-0.3, -0.25) is 0 Å². The van der Waals surface area contributed by atoms with Gasteiger partial charge in [-0.05, 0) is 19.4 Å². The highest BCUT2D eigenvalue weighted by molar-refractivity contribution is 4.94. The van der Waals surface area contributed by atoms with Crippen molar-refractivity contribution in [2.45, 2.75) is 32.7 Å². The Labute approximate surface area is 91.0 Å². The lowest BCUT2D eigenvalue weighted by Crippen LogP contribution is -2.13. The second kappa shape index (κ2) is 7.43. The molecule has 1 aromatic rings. The quantitative estimate of drug-likeness (QED) is 0.667. The topological polar surface area (TPSA) is 47.3 Å². The zero-order valence-corrected chi connectivity index (χ0v) is 9.58. The van der Waals surface area contributed by atoms with E-state index in [2.05, 4.69) is 17.2 Å². The van der Waals surface area contributed by atoms with Crippen molar-refractivity contribution in [3.05, 3.63) is 17.8 Å². The molecule has 1 N–H and O–H groups in total. The molecule has 0 aliphatic rings. The molecule has 0 fully saturated rings. The first-order valence-electron chi connectivity index (χ1n) is 5.50. The minimum absolute atomic E-state index is 0.720. The van der Waals surface area contributed by atoms with Gasteiger partial charge < -0.3 is 14.5 Å². The first-order chi connectivity index (χ1) is 7.36. The number of hydrogen-bond donors (Lipinski definition) is 1. The van der Waals surface area contributed by atoms with Crippen LogP contribution in [0.5, 0.6) is 0 Å². The highest BCUT2D eigenvalue weighted by Gasteiger charge is 2.02. The predicted molar refractivity (Wildman–Crippen MR) is 58.7 cm³/mol. The fourth-order valence-electron chi connectivity index (χ4n) is 1.31. The number of nitrogens with zero attached hydrogens (tertiary/aromatic N) is 1. The van der Waals surface area contributed by atoms with E-state index in [1.807, 2.05) is 0 Å². The van der Waals surface area contributed by atoms with E-state index in [4.69, 9.17) is 9.15 Å². The Morgan fingerprint density at radius 2 is 2.40 bits per heavy atom. The van der Waals surface area contributed by atoms with Gasteiger partial charge in [0, 0.05) is 20.1 Å². The lowest BCUT2D eigenvalue weighted by molar-refractivity contribution is 0.193. The minimum atomic E-state index is 0.720. The van der Waals surface area contributed by atoms with Crippen LogP contribution >= 0.6 is 0 Å². The number of hydrogen-bond acceptors (Lipinski definition) is 4. The van der Waals surface area contributed by atoms with E-state index in [-0.39, 0.29) is 0 Å². The van der Waals surface area contributed by atoms with Gasteiger partial charge in [-0.1, -0.05) is 6.92 Å². The average Bonchev–Trinajstić information content (AvgIpc) is 2.67. The Morgan fingerprint density at radius 1 is 1.53 bits per heavy atom. The number of nitrogens with one attached hydrogen (secondary N) is 1. The lowest BCUT2D eigenvalue weighted by atomic mass is 10.3. The van der Waals surface area contributed by atoms with Crippen molar-refractivity contribution in [2.24, 2.45) is 0 Å². The zero-order chi connectivity index (χ0) is 10.9. The van der Waals surface area contributed by atoms with E-state index in [0.717, 1.165) is 50.6 Å². The summed E-state index contributed by atoms with van der Waals surface area (Å²) in [4.78, 5) is 4.20. The van der Waals surface area contributed by atoms with Crippen LogP contribution in [-0.2, 0) is 17.7 Å². The summed E-state index contributed by atoms with van der Waals surface area (Å²) < 4.78 is 10.5. The van der Waals surface area contributed by atoms with Crippen LogP contribution in [-0.4, -0.2) is 25.2 Å². The third-order valence-corrected chi connectivity index (χ3v) is 2.08. The fourth-order valence-corrected chi connectivity index (χ4v) is 1.31. The van der Waals surface area contributed by atoms with Crippen LogP contribution in [0.25, 0.3) is 0 Å². The summed E-state index contributed by atoms with van der Waals surface area (Å²) >= 11 is 0. The molecule has 4 nitrogen and oxygen atoms in total. The Kier molecular flexibility index (Phi) is 6.04. The molecule has 1 rings (SSSR count). The van der Waals surface area contributed by atoms with Gasteiger partial charge >= 0.3 is 0 Å². The summed E-state index contributed by atoms with van der Waals surface area (Å²) in [7, 11) is 1.71. The molecule has 0 atom stereocenters. The first kappa shape index (κ1) is 12.2. The summed E-state index contributed by atoms with van der Waals surface area (Å²) in [6.07, 6.45) is 4.81. The largest absolute Gasteiger partial charge is 0.444 e. The molecule has 0 radical (unpaired) electrons. The molecule has 0 bridgehead atoms. The van der Waals surface area contributed by atoms with Gasteiger partial charge in [0.15, 0.2) is 0 Å². The van der Waals surface area contributed by atoms with Gasteiger partial charge in [-0.15, -0.1) is 0 Å². The molecule has 0 saturated carbocycles. The second-order valence-corrected chi connectivity index (χ2v) is 3.49. The molecule has 0 aliphatic heterocycles. The van der Waals surface area contributed by atoms with E-state index >= 15 is 0 Å². The van der Waals surface area contributed by atoms with Crippen molar-refractivity contribution in [3.63, 3.8) is 0 Å². The summed E-state index contributed by atoms with van der Waals surface area (Å²) in [5.41, 5.74) is 0. The Morgan fingerprint density at radius 3 is 3.13 bits per heavy atom. The molecule has 15 heavy (non-hydrogen) atoms. The Balaban J connectivity index is 2.23. The third kappa shape index (κ3) is 4.95. The normalized spacial score (nSPS) is 10.8. The van der Waals surface area contributed by atoms with Crippen LogP contribution in [0, 0.1) is 0 Å². The SMILES string of the molecule is CCCNCc1ncc(CCCOC)o1. The Hall–Kier alpha value is -0.870. The van der Waals surface area contributed by atoms with Crippen LogP contribution in [0.1, 0.15) is 31.4 Å². The molecule has 0 spiro atoms. The molecular weight excluding hydrogens is 192 g/mol. The van der Waals surface area contributed by atoms with E-state index in [9.17, 15) is 0 Å². The van der Waals surface area contributed by atoms with Crippen molar-refractivity contribution >= 4 is 0 Å². The Bertz CT molecular complexity index is 236. The summed E-state index contributed by atoms with van der Waals surface area (Å²) in [5.74, 6) is 1.72. The standard InChI is InChI=1S/C11H20N2O2/c1-3-6-12-9-11-13-8-10(15-11)5-4-7-14-2/h8,12H,3-7,9H2,1-2H3. The maximum absolute atomic E-state index is 5.55. The van der Waals surface area contributed by atoms with Crippen molar-refractivity contribution in [1.29, 1.82) is 0 Å². The highest BCUT2D eigenvalue weighted by atomic mass is 16.5. The zero-order valence-electron chi connectivity index (χ0n) is 9.58. The van der Waals surface area contributed by atoms with E-state index < -0.39 is 0 Å². The van der Waals surface area contributed by atoms with Crippen LogP contribution in [0.4, 0.5) is 0 Å². The van der Waals surface area contributed by atoms with Crippen LogP contribution < -0.4 is 5.32 Å². The van der Waals surface area contributed by atoms with Gasteiger partial charge in [0.25, 0.3) is 0 Å². The fraction of sp³-hybridized carbons (Fsp3) is 0.727. The van der Waals surface area contributed by atoms with Crippen molar-refractivity contribution in [3.8, 4) is 0 Å². The number of aryl methyl sites for hydroxylation is 1. The monoisotopic (exact) mass is 212 g/mol. The molecule has 4 heteroatoms. The second-order valence-electron chi connectivity index (χ2n) is 3.49. The van der Waals surface area contributed by atoms with Gasteiger partial charge in [0.2, 0.25) is 5.89 Å². The predicted octanol–water partition coefficient (Wildman–Crippen LogP) is 1.75. The third-order valence-electron chi connectivity index (χ3n) is 2.08. The summed E-state index contributed by atoms with van der Waals surface area (Å²) in [5, 5.41) is 3.25. The molecule has 0 aliphatic carbocycles. The number of oxazole rings is 1. The molecule has 1 heterocycles. The lowest BCUT2D eigenvalue weighted by Gasteiger charge is -1.98. The van der Waals surface area contributed by atoms with E-state index in [1.54, 1.807) is 13.3 Å². The van der Waals surface area contributed by atoms with E-state index in [0.29, 0.717) is 0 Å². The molecule has 0 unspecified atom stereocenters. The molecule has 0 saturated heterocycles. The first-order valence-corrected chi connectivity index (χ1v) is 5.50.